The minimum Gasteiger partial charge on any atom is -0.381 e. The highest BCUT2D eigenvalue weighted by Gasteiger charge is 2.42. The fraction of sp³-hybridized carbons (Fsp3) is 0.357. The first-order valence-electron chi connectivity index (χ1n) is 12.3. The maximum absolute atomic E-state index is 13.7. The molecule has 192 valence electrons. The van der Waals surface area contributed by atoms with E-state index in [4.69, 9.17) is 9.72 Å². The molecule has 3 aromatic rings. The molecule has 4 heterocycles. The molecule has 1 fully saturated rings. The van der Waals surface area contributed by atoms with E-state index in [1.54, 1.807) is 17.2 Å². The normalized spacial score (nSPS) is 19.3. The lowest BCUT2D eigenvalue weighted by Gasteiger charge is -2.40. The van der Waals surface area contributed by atoms with Gasteiger partial charge in [-0.1, -0.05) is 6.07 Å². The predicted octanol–water partition coefficient (Wildman–Crippen LogP) is 5.30. The summed E-state index contributed by atoms with van der Waals surface area (Å²) in [4.78, 5) is 36.0. The van der Waals surface area contributed by atoms with Crippen LogP contribution in [0, 0.1) is 12.8 Å². The van der Waals surface area contributed by atoms with Crippen LogP contribution in [0.25, 0.3) is 11.1 Å². The number of aryl methyl sites for hydroxylation is 1. The highest BCUT2D eigenvalue weighted by molar-refractivity contribution is 6.04. The van der Waals surface area contributed by atoms with Crippen molar-refractivity contribution in [3.63, 3.8) is 0 Å². The number of aromatic nitrogens is 2. The van der Waals surface area contributed by atoms with E-state index < -0.39 is 17.5 Å². The van der Waals surface area contributed by atoms with Crippen molar-refractivity contribution in [3.05, 3.63) is 71.2 Å². The zero-order valence-corrected chi connectivity index (χ0v) is 20.9. The first-order valence-corrected chi connectivity index (χ1v) is 12.3. The van der Waals surface area contributed by atoms with E-state index in [0.717, 1.165) is 41.7 Å². The quantitative estimate of drug-likeness (QED) is 0.508. The first kappa shape index (κ1) is 25.0. The van der Waals surface area contributed by atoms with Crippen LogP contribution < -0.4 is 10.2 Å². The van der Waals surface area contributed by atoms with Crippen LogP contribution in [0.2, 0.25) is 0 Å². The number of nitrogens with zero attached hydrogens (tertiary/aromatic N) is 3. The number of amides is 2. The molecule has 2 atom stereocenters. The summed E-state index contributed by atoms with van der Waals surface area (Å²) in [7, 11) is 0. The molecule has 0 saturated carbocycles. The number of anilines is 2. The Morgan fingerprint density at radius 1 is 1.19 bits per heavy atom. The Kier molecular flexibility index (Phi) is 6.49. The number of ether oxygens (including phenoxy) is 1. The van der Waals surface area contributed by atoms with Crippen molar-refractivity contribution in [3.8, 4) is 11.1 Å². The van der Waals surface area contributed by atoms with Crippen LogP contribution in [-0.2, 0) is 15.5 Å². The standard InChI is InChI=1S/C28H28F2N4O3/c1-4-34-25-22(20-8-10-37-15-23(20)27(34)36)11-18(14-32-25)21-13-19(6-5-16(21)2)33-26(35)17-7-9-31-24(12-17)28(3,29)30/h5-7,9,11-14,20,23H,4,8,10,15H2,1-3H3,(H,33,35)/t20-,23+/m1/s1. The molecule has 1 N–H and O–H groups in total. The van der Waals surface area contributed by atoms with Gasteiger partial charge in [-0.2, -0.15) is 8.78 Å². The number of carbonyl (C=O) groups is 2. The lowest BCUT2D eigenvalue weighted by molar-refractivity contribution is -0.128. The van der Waals surface area contributed by atoms with Crippen LogP contribution in [0.5, 0.6) is 0 Å². The SMILES string of the molecule is CCN1C(=O)[C@H]2COCC[C@@H]2c2cc(-c3cc(NC(=O)c4ccnc(C(C)(F)F)c4)ccc3C)cnc21. The summed E-state index contributed by atoms with van der Waals surface area (Å²) in [6.45, 7) is 6.19. The summed E-state index contributed by atoms with van der Waals surface area (Å²) >= 11 is 0. The second-order valence-corrected chi connectivity index (χ2v) is 9.60. The van der Waals surface area contributed by atoms with Crippen LogP contribution in [-0.4, -0.2) is 41.5 Å². The van der Waals surface area contributed by atoms with Crippen molar-refractivity contribution in [1.82, 2.24) is 9.97 Å². The van der Waals surface area contributed by atoms with E-state index in [2.05, 4.69) is 16.4 Å². The molecule has 1 saturated heterocycles. The molecule has 0 unspecified atom stereocenters. The van der Waals surface area contributed by atoms with Gasteiger partial charge in [0.15, 0.2) is 0 Å². The minimum absolute atomic E-state index is 0.0484. The van der Waals surface area contributed by atoms with Gasteiger partial charge in [0, 0.05) is 55.2 Å². The molecular formula is C28H28F2N4O3. The van der Waals surface area contributed by atoms with Gasteiger partial charge < -0.3 is 10.1 Å². The molecule has 2 amide bonds. The monoisotopic (exact) mass is 506 g/mol. The number of halogens is 2. The number of rotatable bonds is 5. The van der Waals surface area contributed by atoms with Crippen molar-refractivity contribution >= 4 is 23.3 Å². The topological polar surface area (TPSA) is 84.4 Å². The summed E-state index contributed by atoms with van der Waals surface area (Å²) in [5.41, 5.74) is 3.94. The molecule has 0 aliphatic carbocycles. The summed E-state index contributed by atoms with van der Waals surface area (Å²) in [6.07, 6.45) is 3.71. The molecule has 0 radical (unpaired) electrons. The fourth-order valence-corrected chi connectivity index (χ4v) is 5.11. The predicted molar refractivity (Wildman–Crippen MR) is 136 cm³/mol. The maximum atomic E-state index is 13.7. The molecule has 2 aliphatic rings. The Bertz CT molecular complexity index is 1370. The van der Waals surface area contributed by atoms with Gasteiger partial charge in [-0.3, -0.25) is 19.5 Å². The van der Waals surface area contributed by atoms with Crippen LogP contribution in [0.1, 0.15) is 53.4 Å². The number of fused-ring (bicyclic) bond motifs is 3. The number of benzene rings is 1. The number of hydrogen-bond donors (Lipinski definition) is 1. The van der Waals surface area contributed by atoms with Crippen molar-refractivity contribution in [1.29, 1.82) is 0 Å². The molecule has 5 rings (SSSR count). The molecule has 2 aromatic heterocycles. The Balaban J connectivity index is 1.47. The van der Waals surface area contributed by atoms with Crippen molar-refractivity contribution < 1.29 is 23.1 Å². The molecule has 1 aromatic carbocycles. The van der Waals surface area contributed by atoms with E-state index in [1.165, 1.54) is 12.3 Å². The Hall–Kier alpha value is -3.72. The zero-order valence-electron chi connectivity index (χ0n) is 20.9. The molecule has 2 aliphatic heterocycles. The van der Waals surface area contributed by atoms with E-state index in [0.29, 0.717) is 31.3 Å². The summed E-state index contributed by atoms with van der Waals surface area (Å²) < 4.78 is 33.0. The summed E-state index contributed by atoms with van der Waals surface area (Å²) in [6, 6.07) is 10.1. The largest absolute Gasteiger partial charge is 0.381 e. The van der Waals surface area contributed by atoms with Crippen molar-refractivity contribution in [2.45, 2.75) is 39.0 Å². The third-order valence-corrected chi connectivity index (χ3v) is 7.08. The van der Waals surface area contributed by atoms with Crippen molar-refractivity contribution in [2.75, 3.05) is 30.0 Å². The van der Waals surface area contributed by atoms with Gasteiger partial charge >= 0.3 is 0 Å². The Labute approximate surface area is 213 Å². The zero-order chi connectivity index (χ0) is 26.3. The van der Waals surface area contributed by atoms with Gasteiger partial charge in [0.05, 0.1) is 12.5 Å². The molecule has 37 heavy (non-hydrogen) atoms. The first-order chi connectivity index (χ1) is 17.7. The number of carbonyl (C=O) groups excluding carboxylic acids is 2. The minimum atomic E-state index is -3.14. The number of pyridine rings is 2. The third kappa shape index (κ3) is 4.71. The molecule has 0 spiro atoms. The highest BCUT2D eigenvalue weighted by Crippen LogP contribution is 2.44. The molecule has 9 heteroatoms. The van der Waals surface area contributed by atoms with Gasteiger partial charge in [0.1, 0.15) is 11.5 Å². The van der Waals surface area contributed by atoms with Gasteiger partial charge in [0.25, 0.3) is 11.8 Å². The number of alkyl halides is 2. The molecule has 7 nitrogen and oxygen atoms in total. The van der Waals surface area contributed by atoms with Gasteiger partial charge in [-0.05, 0) is 67.3 Å². The lowest BCUT2D eigenvalue weighted by Crippen LogP contribution is -2.47. The van der Waals surface area contributed by atoms with Crippen molar-refractivity contribution in [2.24, 2.45) is 5.92 Å². The van der Waals surface area contributed by atoms with Gasteiger partial charge in [-0.15, -0.1) is 0 Å². The fourth-order valence-electron chi connectivity index (χ4n) is 5.11. The highest BCUT2D eigenvalue weighted by atomic mass is 19.3. The maximum Gasteiger partial charge on any atom is 0.286 e. The van der Waals surface area contributed by atoms with Crippen LogP contribution >= 0.6 is 0 Å². The summed E-state index contributed by atoms with van der Waals surface area (Å²) in [5.74, 6) is -3.07. The van der Waals surface area contributed by atoms with Crippen LogP contribution in [0.4, 0.5) is 20.3 Å². The van der Waals surface area contributed by atoms with E-state index in [9.17, 15) is 18.4 Å². The third-order valence-electron chi connectivity index (χ3n) is 7.08. The Morgan fingerprint density at radius 3 is 2.76 bits per heavy atom. The average Bonchev–Trinajstić information content (AvgIpc) is 2.89. The Morgan fingerprint density at radius 2 is 2.00 bits per heavy atom. The number of hydrogen-bond acceptors (Lipinski definition) is 5. The van der Waals surface area contributed by atoms with Gasteiger partial charge in [-0.25, -0.2) is 4.98 Å². The molecule has 0 bridgehead atoms. The average molecular weight is 507 g/mol. The van der Waals surface area contributed by atoms with E-state index in [1.807, 2.05) is 26.0 Å². The van der Waals surface area contributed by atoms with Crippen LogP contribution in [0.3, 0.4) is 0 Å². The van der Waals surface area contributed by atoms with Crippen LogP contribution in [0.15, 0.2) is 48.8 Å². The van der Waals surface area contributed by atoms with E-state index >= 15 is 0 Å². The second kappa shape index (κ2) is 9.63. The lowest BCUT2D eigenvalue weighted by atomic mass is 9.78. The number of nitrogens with one attached hydrogen (secondary N) is 1. The second-order valence-electron chi connectivity index (χ2n) is 9.60. The van der Waals surface area contributed by atoms with E-state index in [-0.39, 0.29) is 23.3 Å². The smallest absolute Gasteiger partial charge is 0.286 e. The summed E-state index contributed by atoms with van der Waals surface area (Å²) in [5, 5.41) is 2.80. The van der Waals surface area contributed by atoms with Gasteiger partial charge in [0.2, 0.25) is 5.91 Å². The molecular weight excluding hydrogens is 478 g/mol.